The van der Waals surface area contributed by atoms with E-state index in [1.165, 1.54) is 6.26 Å². The number of rotatable bonds is 12. The van der Waals surface area contributed by atoms with Gasteiger partial charge in [0.1, 0.15) is 5.58 Å². The van der Waals surface area contributed by atoms with Crippen molar-refractivity contribution >= 4 is 22.8 Å². The van der Waals surface area contributed by atoms with Crippen LogP contribution in [0.3, 0.4) is 0 Å². The highest BCUT2D eigenvalue weighted by atomic mass is 16.7. The summed E-state index contributed by atoms with van der Waals surface area (Å²) in [6.07, 6.45) is 4.70. The number of carbonyl (C=O) groups is 2. The van der Waals surface area contributed by atoms with E-state index in [0.29, 0.717) is 48.9 Å². The molecule has 2 aliphatic heterocycles. The molecule has 2 atom stereocenters. The Labute approximate surface area is 208 Å². The van der Waals surface area contributed by atoms with Crippen LogP contribution in [-0.2, 0) is 23.8 Å². The Hall–Kier alpha value is -3.21. The predicted molar refractivity (Wildman–Crippen MR) is 130 cm³/mol. The first kappa shape index (κ1) is 25.9. The molecule has 2 aliphatic rings. The molecule has 0 saturated carbocycles. The summed E-state index contributed by atoms with van der Waals surface area (Å²) in [6, 6.07) is 7.01. The first-order valence-corrected chi connectivity index (χ1v) is 12.3. The number of nitrogens with one attached hydrogen (secondary N) is 1. The summed E-state index contributed by atoms with van der Waals surface area (Å²) in [6.45, 7) is 2.31. The maximum atomic E-state index is 13.2. The molecule has 194 valence electrons. The van der Waals surface area contributed by atoms with Crippen LogP contribution in [0.25, 0.3) is 11.0 Å². The number of amides is 2. The quantitative estimate of drug-likeness (QED) is 0.421. The molecule has 1 aromatic heterocycles. The first-order chi connectivity index (χ1) is 17.6. The van der Waals surface area contributed by atoms with Crippen molar-refractivity contribution in [1.29, 1.82) is 0 Å². The summed E-state index contributed by atoms with van der Waals surface area (Å²) in [7, 11) is 0. The molecule has 2 amide bonds. The Balaban J connectivity index is 1.44. The van der Waals surface area contributed by atoms with E-state index in [4.69, 9.17) is 23.7 Å². The van der Waals surface area contributed by atoms with Crippen LogP contribution in [0.2, 0.25) is 0 Å². The molecule has 4 rings (SSSR count). The Kier molecular flexibility index (Phi) is 9.10. The van der Waals surface area contributed by atoms with Gasteiger partial charge in [-0.2, -0.15) is 0 Å². The number of fused-ring (bicyclic) bond motifs is 1. The monoisotopic (exact) mass is 500 g/mol. The van der Waals surface area contributed by atoms with Gasteiger partial charge < -0.3 is 34.0 Å². The molecule has 10 heteroatoms. The Morgan fingerprint density at radius 1 is 1.19 bits per heavy atom. The Bertz CT molecular complexity index is 1140. The van der Waals surface area contributed by atoms with Gasteiger partial charge in [0.15, 0.2) is 11.2 Å². The maximum Gasteiger partial charge on any atom is 0.286 e. The van der Waals surface area contributed by atoms with Gasteiger partial charge in [0.2, 0.25) is 12.2 Å². The molecule has 0 radical (unpaired) electrons. The molecule has 2 aromatic rings. The molecule has 2 unspecified atom stereocenters. The van der Waals surface area contributed by atoms with E-state index in [2.05, 4.69) is 5.32 Å². The van der Waals surface area contributed by atoms with Crippen LogP contribution < -0.4 is 10.7 Å². The molecular formula is C26H32N2O8. The van der Waals surface area contributed by atoms with Gasteiger partial charge in [-0.05, 0) is 31.1 Å². The zero-order valence-corrected chi connectivity index (χ0v) is 20.1. The van der Waals surface area contributed by atoms with Crippen molar-refractivity contribution in [3.63, 3.8) is 0 Å². The summed E-state index contributed by atoms with van der Waals surface area (Å²) < 4.78 is 22.5. The minimum absolute atomic E-state index is 0.0670. The Morgan fingerprint density at radius 2 is 2.06 bits per heavy atom. The number of benzene rings is 1. The van der Waals surface area contributed by atoms with Crippen LogP contribution in [0.1, 0.15) is 37.2 Å². The Morgan fingerprint density at radius 3 is 2.86 bits per heavy atom. The van der Waals surface area contributed by atoms with E-state index in [-0.39, 0.29) is 43.5 Å². The zero-order valence-electron chi connectivity index (χ0n) is 20.1. The van der Waals surface area contributed by atoms with Crippen LogP contribution in [-0.4, -0.2) is 74.2 Å². The fourth-order valence-electron chi connectivity index (χ4n) is 4.39. The van der Waals surface area contributed by atoms with Gasteiger partial charge in [-0.1, -0.05) is 12.1 Å². The van der Waals surface area contributed by atoms with Crippen molar-refractivity contribution in [1.82, 2.24) is 10.2 Å². The lowest BCUT2D eigenvalue weighted by atomic mass is 9.93. The molecule has 0 aliphatic carbocycles. The van der Waals surface area contributed by atoms with Gasteiger partial charge in [-0.25, -0.2) is 0 Å². The van der Waals surface area contributed by atoms with E-state index in [1.807, 2.05) is 0 Å². The van der Waals surface area contributed by atoms with Crippen molar-refractivity contribution < 1.29 is 33.3 Å². The smallest absolute Gasteiger partial charge is 0.286 e. The third-order valence-electron chi connectivity index (χ3n) is 6.22. The van der Waals surface area contributed by atoms with E-state index < -0.39 is 18.1 Å². The second-order valence-corrected chi connectivity index (χ2v) is 8.74. The number of ether oxygens (including phenoxy) is 3. The third-order valence-corrected chi connectivity index (χ3v) is 6.22. The van der Waals surface area contributed by atoms with Gasteiger partial charge in [0.25, 0.3) is 5.91 Å². The zero-order chi connectivity index (χ0) is 25.3. The third kappa shape index (κ3) is 6.51. The van der Waals surface area contributed by atoms with Crippen molar-refractivity contribution in [3.8, 4) is 0 Å². The normalized spacial score (nSPS) is 19.9. The van der Waals surface area contributed by atoms with Crippen LogP contribution in [0, 0.1) is 0 Å². The maximum absolute atomic E-state index is 13.2. The molecule has 0 bridgehead atoms. The lowest BCUT2D eigenvalue weighted by Gasteiger charge is -2.29. The lowest BCUT2D eigenvalue weighted by Crippen LogP contribution is -2.35. The summed E-state index contributed by atoms with van der Waals surface area (Å²) in [5, 5.41) is 12.1. The van der Waals surface area contributed by atoms with Crippen molar-refractivity contribution in [2.45, 2.75) is 37.9 Å². The SMILES string of the molecule is O=C(NCCCN1CCCC1=O)C1=CC(c2coc3ccccc3c2=O)CC(OCCOCCO)O1. The number of para-hydroxylation sites is 1. The van der Waals surface area contributed by atoms with Crippen molar-refractivity contribution in [2.75, 3.05) is 46.1 Å². The number of nitrogens with zero attached hydrogens (tertiary/aromatic N) is 1. The average molecular weight is 501 g/mol. The van der Waals surface area contributed by atoms with Gasteiger partial charge in [-0.3, -0.25) is 14.4 Å². The van der Waals surface area contributed by atoms with Gasteiger partial charge in [0, 0.05) is 44.0 Å². The molecular weight excluding hydrogens is 468 g/mol. The number of hydrogen-bond donors (Lipinski definition) is 2. The molecule has 0 spiro atoms. The fraction of sp³-hybridized carbons (Fsp3) is 0.500. The topological polar surface area (TPSA) is 128 Å². The molecule has 1 fully saturated rings. The van der Waals surface area contributed by atoms with Crippen LogP contribution in [0.15, 0.2) is 51.6 Å². The molecule has 36 heavy (non-hydrogen) atoms. The second-order valence-electron chi connectivity index (χ2n) is 8.74. The number of aliphatic hydroxyl groups excluding tert-OH is 1. The van der Waals surface area contributed by atoms with Gasteiger partial charge >= 0.3 is 0 Å². The summed E-state index contributed by atoms with van der Waals surface area (Å²) in [5.74, 6) is -0.648. The van der Waals surface area contributed by atoms with Gasteiger partial charge in [-0.15, -0.1) is 0 Å². The number of likely N-dealkylation sites (tertiary alicyclic amines) is 1. The highest BCUT2D eigenvalue weighted by molar-refractivity contribution is 5.91. The van der Waals surface area contributed by atoms with E-state index >= 15 is 0 Å². The molecule has 1 saturated heterocycles. The number of allylic oxidation sites excluding steroid dienone is 1. The van der Waals surface area contributed by atoms with Crippen LogP contribution in [0.4, 0.5) is 0 Å². The highest BCUT2D eigenvalue weighted by Crippen LogP contribution is 2.31. The van der Waals surface area contributed by atoms with E-state index in [9.17, 15) is 14.4 Å². The molecule has 1 aromatic carbocycles. The predicted octanol–water partition coefficient (Wildman–Crippen LogP) is 1.66. The minimum Gasteiger partial charge on any atom is -0.464 e. The largest absolute Gasteiger partial charge is 0.464 e. The second kappa shape index (κ2) is 12.7. The van der Waals surface area contributed by atoms with Gasteiger partial charge in [0.05, 0.1) is 38.1 Å². The summed E-state index contributed by atoms with van der Waals surface area (Å²) in [4.78, 5) is 39.6. The average Bonchev–Trinajstić information content (AvgIpc) is 3.31. The molecule has 10 nitrogen and oxygen atoms in total. The van der Waals surface area contributed by atoms with Crippen molar-refractivity contribution in [3.05, 3.63) is 58.2 Å². The number of carbonyl (C=O) groups excluding carboxylic acids is 2. The van der Waals surface area contributed by atoms with Crippen LogP contribution >= 0.6 is 0 Å². The van der Waals surface area contributed by atoms with E-state index in [1.54, 1.807) is 35.2 Å². The highest BCUT2D eigenvalue weighted by Gasteiger charge is 2.30. The summed E-state index contributed by atoms with van der Waals surface area (Å²) in [5.41, 5.74) is 0.741. The van der Waals surface area contributed by atoms with Crippen LogP contribution in [0.5, 0.6) is 0 Å². The van der Waals surface area contributed by atoms with Crippen molar-refractivity contribution in [2.24, 2.45) is 0 Å². The summed E-state index contributed by atoms with van der Waals surface area (Å²) >= 11 is 0. The fourth-order valence-corrected chi connectivity index (χ4v) is 4.39. The minimum atomic E-state index is -0.772. The lowest BCUT2D eigenvalue weighted by molar-refractivity contribution is -0.151. The molecule has 3 heterocycles. The first-order valence-electron chi connectivity index (χ1n) is 12.3. The van der Waals surface area contributed by atoms with E-state index in [0.717, 1.165) is 13.0 Å². The number of hydrogen-bond acceptors (Lipinski definition) is 8. The standard InChI is InChI=1S/C26H32N2O8/c29-11-12-33-13-14-34-24-16-18(20-17-35-21-6-2-1-5-19(21)25(20)31)15-22(36-24)26(32)27-8-4-10-28-9-3-7-23(28)30/h1-2,5-6,15,17-18,24,29H,3-4,7-14,16H2,(H,27,32). The molecule has 2 N–H and O–H groups in total. The number of aliphatic hydroxyl groups is 1.